The van der Waals surface area contributed by atoms with Gasteiger partial charge in [-0.2, -0.15) is 0 Å². The molecule has 2 aromatic carbocycles. The number of carbonyl (C=O) groups excluding carboxylic acids is 1. The Hall–Kier alpha value is -2.69. The van der Waals surface area contributed by atoms with Crippen molar-refractivity contribution in [3.8, 4) is 11.4 Å². The normalized spacial score (nSPS) is 22.6. The van der Waals surface area contributed by atoms with Crippen LogP contribution in [0.5, 0.6) is 0 Å². The Morgan fingerprint density at radius 2 is 1.82 bits per heavy atom. The van der Waals surface area contributed by atoms with Crippen LogP contribution in [0.1, 0.15) is 32.2 Å². The Labute approximate surface area is 164 Å². The van der Waals surface area contributed by atoms with Crippen LogP contribution in [0.3, 0.4) is 0 Å². The smallest absolute Gasteiger partial charge is 0.225 e. The van der Waals surface area contributed by atoms with E-state index in [0.717, 1.165) is 54.8 Å². The predicted molar refractivity (Wildman–Crippen MR) is 107 cm³/mol. The van der Waals surface area contributed by atoms with Crippen molar-refractivity contribution in [2.24, 2.45) is 11.8 Å². The van der Waals surface area contributed by atoms with Crippen molar-refractivity contribution < 1.29 is 9.18 Å². The van der Waals surface area contributed by atoms with E-state index in [9.17, 15) is 9.18 Å². The first-order valence-electron chi connectivity index (χ1n) is 10.1. The summed E-state index contributed by atoms with van der Waals surface area (Å²) in [4.78, 5) is 19.4. The van der Waals surface area contributed by atoms with Gasteiger partial charge in [-0.1, -0.05) is 37.3 Å². The largest absolute Gasteiger partial charge is 0.342 e. The molecule has 0 spiro atoms. The van der Waals surface area contributed by atoms with Gasteiger partial charge in [0.15, 0.2) is 0 Å². The van der Waals surface area contributed by atoms with Gasteiger partial charge >= 0.3 is 0 Å². The number of halogens is 1. The number of hydrogen-bond donors (Lipinski definition) is 0. The fraction of sp³-hybridized carbons (Fsp3) is 0.391. The van der Waals surface area contributed by atoms with Crippen LogP contribution < -0.4 is 0 Å². The van der Waals surface area contributed by atoms with E-state index in [1.165, 1.54) is 6.07 Å². The molecule has 5 heteroatoms. The standard InChI is InChI=1S/C23H24FN3O/c1-15-13-19(15)23(28)26-11-9-18(10-12-26)27-21-14-17(24)7-8-20(21)25-22(27)16-5-3-2-4-6-16/h2-8,14-15,18-19H,9-13H2,1H3/t15-,19+/m0/s1. The molecule has 2 atom stereocenters. The third-order valence-corrected chi connectivity index (χ3v) is 6.25. The van der Waals surface area contributed by atoms with Crippen molar-refractivity contribution in [1.29, 1.82) is 0 Å². The molecule has 2 heterocycles. The maximum atomic E-state index is 14.0. The van der Waals surface area contributed by atoms with E-state index in [1.54, 1.807) is 12.1 Å². The minimum atomic E-state index is -0.247. The maximum absolute atomic E-state index is 14.0. The third-order valence-electron chi connectivity index (χ3n) is 6.25. The van der Waals surface area contributed by atoms with Crippen LogP contribution in [0.25, 0.3) is 22.4 Å². The zero-order chi connectivity index (χ0) is 19.3. The quantitative estimate of drug-likeness (QED) is 0.666. The summed E-state index contributed by atoms with van der Waals surface area (Å²) in [6.45, 7) is 3.67. The summed E-state index contributed by atoms with van der Waals surface area (Å²) >= 11 is 0. The van der Waals surface area contributed by atoms with Crippen molar-refractivity contribution >= 4 is 16.9 Å². The van der Waals surface area contributed by atoms with Crippen molar-refractivity contribution in [3.63, 3.8) is 0 Å². The zero-order valence-electron chi connectivity index (χ0n) is 16.0. The average molecular weight is 377 g/mol. The molecule has 1 saturated carbocycles. The van der Waals surface area contributed by atoms with Gasteiger partial charge in [-0.15, -0.1) is 0 Å². The molecule has 2 fully saturated rings. The average Bonchev–Trinajstić information content (AvgIpc) is 3.34. The highest BCUT2D eigenvalue weighted by molar-refractivity contribution is 5.82. The fourth-order valence-electron chi connectivity index (χ4n) is 4.47. The van der Waals surface area contributed by atoms with Crippen LogP contribution in [0.4, 0.5) is 4.39 Å². The van der Waals surface area contributed by atoms with Crippen molar-refractivity contribution in [2.45, 2.75) is 32.2 Å². The van der Waals surface area contributed by atoms with Crippen LogP contribution >= 0.6 is 0 Å². The van der Waals surface area contributed by atoms with Gasteiger partial charge in [0.25, 0.3) is 0 Å². The Morgan fingerprint density at radius 3 is 2.50 bits per heavy atom. The van der Waals surface area contributed by atoms with E-state index in [-0.39, 0.29) is 17.8 Å². The monoisotopic (exact) mass is 377 g/mol. The lowest BCUT2D eigenvalue weighted by molar-refractivity contribution is -0.134. The second-order valence-electron chi connectivity index (χ2n) is 8.18. The number of rotatable bonds is 3. The Balaban J connectivity index is 1.48. The molecule has 1 aliphatic carbocycles. The van der Waals surface area contributed by atoms with Gasteiger partial charge in [-0.05, 0) is 43.4 Å². The van der Waals surface area contributed by atoms with Crippen LogP contribution in [-0.2, 0) is 4.79 Å². The number of nitrogens with zero attached hydrogens (tertiary/aromatic N) is 3. The molecule has 4 nitrogen and oxygen atoms in total. The first-order valence-corrected chi connectivity index (χ1v) is 10.1. The minimum Gasteiger partial charge on any atom is -0.342 e. The lowest BCUT2D eigenvalue weighted by Crippen LogP contribution is -2.40. The van der Waals surface area contributed by atoms with Gasteiger partial charge < -0.3 is 9.47 Å². The number of benzene rings is 2. The number of hydrogen-bond acceptors (Lipinski definition) is 2. The molecule has 3 aromatic rings. The summed E-state index contributed by atoms with van der Waals surface area (Å²) in [7, 11) is 0. The molecule has 1 amide bonds. The number of piperidine rings is 1. The summed E-state index contributed by atoms with van der Waals surface area (Å²) in [6, 6.07) is 15.1. The SMILES string of the molecule is C[C@H]1C[C@H]1C(=O)N1CCC(n2c(-c3ccccc3)nc3ccc(F)cc32)CC1. The number of amides is 1. The molecule has 5 rings (SSSR count). The number of fused-ring (bicyclic) bond motifs is 1. The molecule has 0 bridgehead atoms. The molecule has 0 unspecified atom stereocenters. The van der Waals surface area contributed by atoms with E-state index in [2.05, 4.69) is 11.5 Å². The number of carbonyl (C=O) groups is 1. The topological polar surface area (TPSA) is 38.1 Å². The van der Waals surface area contributed by atoms with Crippen molar-refractivity contribution in [3.05, 3.63) is 54.3 Å². The number of likely N-dealkylation sites (tertiary alicyclic amines) is 1. The van der Waals surface area contributed by atoms with Crippen molar-refractivity contribution in [1.82, 2.24) is 14.5 Å². The molecule has 0 radical (unpaired) electrons. The van der Waals surface area contributed by atoms with Crippen LogP contribution in [0.15, 0.2) is 48.5 Å². The third kappa shape index (κ3) is 2.99. The minimum absolute atomic E-state index is 0.211. The van der Waals surface area contributed by atoms with E-state index in [0.29, 0.717) is 11.8 Å². The summed E-state index contributed by atoms with van der Waals surface area (Å²) in [5.74, 6) is 1.72. The first-order chi connectivity index (χ1) is 13.6. The van der Waals surface area contributed by atoms with Crippen LogP contribution in [-0.4, -0.2) is 33.4 Å². The van der Waals surface area contributed by atoms with E-state index in [4.69, 9.17) is 4.98 Å². The predicted octanol–water partition coefficient (Wildman–Crippen LogP) is 4.66. The van der Waals surface area contributed by atoms with Gasteiger partial charge in [0.2, 0.25) is 5.91 Å². The second-order valence-corrected chi connectivity index (χ2v) is 8.18. The van der Waals surface area contributed by atoms with Gasteiger partial charge in [0.05, 0.1) is 11.0 Å². The van der Waals surface area contributed by atoms with Crippen molar-refractivity contribution in [2.75, 3.05) is 13.1 Å². The summed E-state index contributed by atoms with van der Waals surface area (Å²) in [6.07, 6.45) is 2.77. The van der Waals surface area contributed by atoms with Crippen LogP contribution in [0, 0.1) is 17.7 Å². The molecular weight excluding hydrogens is 353 g/mol. The lowest BCUT2D eigenvalue weighted by Gasteiger charge is -2.34. The van der Waals surface area contributed by atoms with Gasteiger partial charge in [-0.25, -0.2) is 9.37 Å². The first kappa shape index (κ1) is 17.4. The van der Waals surface area contributed by atoms with Gasteiger partial charge in [-0.3, -0.25) is 4.79 Å². The Bertz CT molecular complexity index is 1020. The summed E-state index contributed by atoms with van der Waals surface area (Å²) < 4.78 is 16.2. The lowest BCUT2D eigenvalue weighted by atomic mass is 10.0. The molecule has 1 aliphatic heterocycles. The zero-order valence-corrected chi connectivity index (χ0v) is 16.0. The van der Waals surface area contributed by atoms with E-state index < -0.39 is 0 Å². The second kappa shape index (κ2) is 6.73. The van der Waals surface area contributed by atoms with E-state index in [1.807, 2.05) is 35.2 Å². The maximum Gasteiger partial charge on any atom is 0.225 e. The molecular formula is C23H24FN3O. The Morgan fingerprint density at radius 1 is 1.11 bits per heavy atom. The highest BCUT2D eigenvalue weighted by Gasteiger charge is 2.42. The molecule has 28 heavy (non-hydrogen) atoms. The number of aromatic nitrogens is 2. The number of imidazole rings is 1. The molecule has 2 aliphatic rings. The molecule has 0 N–H and O–H groups in total. The Kier molecular flexibility index (Phi) is 4.18. The highest BCUT2D eigenvalue weighted by atomic mass is 19.1. The molecule has 1 saturated heterocycles. The van der Waals surface area contributed by atoms with Gasteiger partial charge in [0, 0.05) is 30.6 Å². The fourth-order valence-corrected chi connectivity index (χ4v) is 4.47. The van der Waals surface area contributed by atoms with Gasteiger partial charge in [0.1, 0.15) is 11.6 Å². The van der Waals surface area contributed by atoms with Crippen LogP contribution in [0.2, 0.25) is 0 Å². The van der Waals surface area contributed by atoms with E-state index >= 15 is 0 Å². The summed E-state index contributed by atoms with van der Waals surface area (Å²) in [5, 5.41) is 0. The molecule has 144 valence electrons. The summed E-state index contributed by atoms with van der Waals surface area (Å²) in [5.41, 5.74) is 2.68. The molecule has 1 aromatic heterocycles. The highest BCUT2D eigenvalue weighted by Crippen LogP contribution is 2.40.